The Bertz CT molecular complexity index is 1400. The normalized spacial score (nSPS) is 15.8. The van der Waals surface area contributed by atoms with E-state index in [4.69, 9.17) is 10.7 Å². The van der Waals surface area contributed by atoms with Crippen LogP contribution < -0.4 is 11.1 Å². The molecule has 0 bridgehead atoms. The van der Waals surface area contributed by atoms with E-state index in [0.29, 0.717) is 29.4 Å². The Morgan fingerprint density at radius 3 is 2.79 bits per heavy atom. The van der Waals surface area contributed by atoms with E-state index in [1.807, 2.05) is 41.8 Å². The fraction of sp³-hybridized carbons (Fsp3) is 0.240. The topological polar surface area (TPSA) is 125 Å². The molecule has 0 aliphatic carbocycles. The van der Waals surface area contributed by atoms with Gasteiger partial charge in [0.25, 0.3) is 5.91 Å². The number of nitrogens with zero attached hydrogens (tertiary/aromatic N) is 6. The van der Waals surface area contributed by atoms with E-state index in [1.165, 1.54) is 0 Å². The number of fused-ring (bicyclic) bond motifs is 1. The summed E-state index contributed by atoms with van der Waals surface area (Å²) in [7, 11) is 0. The number of aromatic nitrogens is 4. The summed E-state index contributed by atoms with van der Waals surface area (Å²) in [5.41, 5.74) is 10.1. The highest BCUT2D eigenvalue weighted by atomic mass is 16.1. The third-order valence-corrected chi connectivity index (χ3v) is 6.12. The first-order valence-electron chi connectivity index (χ1n) is 11.1. The fourth-order valence-corrected chi connectivity index (χ4v) is 4.43. The second-order valence-electron chi connectivity index (χ2n) is 8.48. The van der Waals surface area contributed by atoms with Gasteiger partial charge in [-0.1, -0.05) is 12.1 Å². The molecule has 1 aliphatic heterocycles. The first-order valence-corrected chi connectivity index (χ1v) is 11.1. The first-order chi connectivity index (χ1) is 16.5. The largest absolute Gasteiger partial charge is 0.382 e. The number of amides is 1. The van der Waals surface area contributed by atoms with Gasteiger partial charge in [0.2, 0.25) is 0 Å². The number of rotatable bonds is 4. The molecule has 0 spiro atoms. The molecule has 1 aliphatic rings. The summed E-state index contributed by atoms with van der Waals surface area (Å²) >= 11 is 0. The van der Waals surface area contributed by atoms with Crippen LogP contribution >= 0.6 is 0 Å². The third kappa shape index (κ3) is 4.01. The van der Waals surface area contributed by atoms with Crippen LogP contribution in [0.3, 0.4) is 0 Å². The summed E-state index contributed by atoms with van der Waals surface area (Å²) in [5, 5.41) is 12.2. The van der Waals surface area contributed by atoms with Gasteiger partial charge in [0.05, 0.1) is 0 Å². The lowest BCUT2D eigenvalue weighted by Gasteiger charge is -2.27. The molecule has 3 N–H and O–H groups in total. The van der Waals surface area contributed by atoms with Gasteiger partial charge in [-0.2, -0.15) is 5.26 Å². The molecule has 0 unspecified atom stereocenters. The molecule has 9 nitrogen and oxygen atoms in total. The molecule has 9 heteroatoms. The minimum absolute atomic E-state index is 0.114. The summed E-state index contributed by atoms with van der Waals surface area (Å²) in [5.74, 6) is 1.64. The number of nitrogens with two attached hydrogens (primary N) is 1. The van der Waals surface area contributed by atoms with Crippen LogP contribution in [0.2, 0.25) is 0 Å². The number of imidazole rings is 1. The number of aryl methyl sites for hydroxylation is 1. The summed E-state index contributed by atoms with van der Waals surface area (Å²) in [6.45, 7) is 3.35. The molecular weight excluding hydrogens is 428 g/mol. The van der Waals surface area contributed by atoms with Gasteiger partial charge in [0.15, 0.2) is 6.19 Å². The van der Waals surface area contributed by atoms with Crippen LogP contribution in [0.5, 0.6) is 0 Å². The number of pyridine rings is 1. The number of nitrogens with one attached hydrogen (secondary N) is 1. The van der Waals surface area contributed by atoms with Crippen LogP contribution in [0.4, 0.5) is 11.6 Å². The van der Waals surface area contributed by atoms with Crippen molar-refractivity contribution in [3.63, 3.8) is 0 Å². The highest BCUT2D eigenvalue weighted by Gasteiger charge is 2.27. The Kier molecular flexibility index (Phi) is 5.55. The molecule has 0 radical (unpaired) electrons. The minimum atomic E-state index is -0.236. The smallest absolute Gasteiger partial charge is 0.256 e. The molecule has 170 valence electrons. The molecule has 5 rings (SSSR count). The van der Waals surface area contributed by atoms with Crippen molar-refractivity contribution in [2.45, 2.75) is 25.7 Å². The molecule has 1 amide bonds. The van der Waals surface area contributed by atoms with Crippen LogP contribution in [0, 0.1) is 18.4 Å². The first kappa shape index (κ1) is 21.4. The number of anilines is 2. The Balaban J connectivity index is 1.47. The predicted octanol–water partition coefficient (Wildman–Crippen LogP) is 3.59. The maximum Gasteiger partial charge on any atom is 0.256 e. The molecule has 1 saturated heterocycles. The summed E-state index contributed by atoms with van der Waals surface area (Å²) in [6.07, 6.45) is 9.32. The maximum atomic E-state index is 12.7. The molecule has 3 aromatic heterocycles. The number of carbonyl (C=O) groups excluding carboxylic acids is 1. The quantitative estimate of drug-likeness (QED) is 0.453. The summed E-state index contributed by atoms with van der Waals surface area (Å²) < 4.78 is 1.98. The van der Waals surface area contributed by atoms with Crippen molar-refractivity contribution < 1.29 is 4.79 Å². The van der Waals surface area contributed by atoms with Crippen molar-refractivity contribution in [3.05, 3.63) is 71.9 Å². The number of nitrogen functional groups attached to an aromatic ring is 1. The fourth-order valence-electron chi connectivity index (χ4n) is 4.43. The van der Waals surface area contributed by atoms with Crippen LogP contribution in [0.25, 0.3) is 16.8 Å². The van der Waals surface area contributed by atoms with E-state index in [1.54, 1.807) is 29.4 Å². The third-order valence-electron chi connectivity index (χ3n) is 6.12. The Morgan fingerprint density at radius 1 is 1.21 bits per heavy atom. The highest BCUT2D eigenvalue weighted by molar-refractivity contribution is 6.04. The van der Waals surface area contributed by atoms with Crippen LogP contribution in [0.15, 0.2) is 55.0 Å². The van der Waals surface area contributed by atoms with Crippen molar-refractivity contribution in [2.24, 2.45) is 0 Å². The minimum Gasteiger partial charge on any atom is -0.382 e. The standard InChI is InChI=1S/C25H24N8O/c1-16-8-9-28-20(13-16)30-25(34)18-6-4-17(5-7-18)21-22-23(27)29-10-12-33(22)24(31-21)19-3-2-11-32(14-19)15-26/h4-10,12-13,19H,2-3,11,14H2,1H3,(H2,27,29)(H,28,30,34)/t19-/m1/s1. The molecular formula is C25H24N8O. The number of benzene rings is 1. The summed E-state index contributed by atoms with van der Waals surface area (Å²) in [6, 6.07) is 10.9. The number of likely N-dealkylation sites (tertiary alicyclic amines) is 1. The second-order valence-corrected chi connectivity index (χ2v) is 8.48. The van der Waals surface area contributed by atoms with Gasteiger partial charge in [-0.3, -0.25) is 9.20 Å². The number of piperidine rings is 1. The molecule has 1 aromatic carbocycles. The zero-order chi connectivity index (χ0) is 23.7. The van der Waals surface area contributed by atoms with Gasteiger partial charge in [-0.15, -0.1) is 0 Å². The number of hydrogen-bond donors (Lipinski definition) is 2. The van der Waals surface area contributed by atoms with E-state index in [9.17, 15) is 10.1 Å². The van der Waals surface area contributed by atoms with E-state index in [0.717, 1.165) is 41.9 Å². The van der Waals surface area contributed by atoms with Crippen molar-refractivity contribution in [2.75, 3.05) is 24.1 Å². The lowest BCUT2D eigenvalue weighted by molar-refractivity contribution is 0.102. The van der Waals surface area contributed by atoms with Gasteiger partial charge < -0.3 is 16.0 Å². The van der Waals surface area contributed by atoms with Crippen molar-refractivity contribution in [3.8, 4) is 17.5 Å². The van der Waals surface area contributed by atoms with Crippen molar-refractivity contribution in [1.29, 1.82) is 5.26 Å². The summed E-state index contributed by atoms with van der Waals surface area (Å²) in [4.78, 5) is 27.9. The molecule has 1 atom stereocenters. The monoisotopic (exact) mass is 452 g/mol. The number of nitriles is 1. The van der Waals surface area contributed by atoms with E-state index in [-0.39, 0.29) is 11.8 Å². The van der Waals surface area contributed by atoms with E-state index < -0.39 is 0 Å². The van der Waals surface area contributed by atoms with E-state index >= 15 is 0 Å². The van der Waals surface area contributed by atoms with Gasteiger partial charge in [-0.05, 0) is 49.6 Å². The number of hydrogen-bond acceptors (Lipinski definition) is 7. The number of carbonyl (C=O) groups is 1. The molecule has 0 saturated carbocycles. The lowest BCUT2D eigenvalue weighted by Crippen LogP contribution is -2.31. The molecule has 4 aromatic rings. The second kappa shape index (κ2) is 8.83. The van der Waals surface area contributed by atoms with Gasteiger partial charge >= 0.3 is 0 Å². The predicted molar refractivity (Wildman–Crippen MR) is 129 cm³/mol. The maximum absolute atomic E-state index is 12.7. The van der Waals surface area contributed by atoms with Crippen LogP contribution in [0.1, 0.15) is 40.5 Å². The lowest BCUT2D eigenvalue weighted by atomic mass is 9.98. The zero-order valence-electron chi connectivity index (χ0n) is 18.8. The van der Waals surface area contributed by atoms with E-state index in [2.05, 4.69) is 21.5 Å². The average molecular weight is 453 g/mol. The van der Waals surface area contributed by atoms with Gasteiger partial charge in [0.1, 0.15) is 28.7 Å². The highest BCUT2D eigenvalue weighted by Crippen LogP contribution is 2.33. The SMILES string of the molecule is Cc1ccnc(NC(=O)c2ccc(-c3nc([C@@H]4CCCN(C#N)C4)n4ccnc(N)c34)cc2)c1. The molecule has 34 heavy (non-hydrogen) atoms. The Hall–Kier alpha value is -4.45. The van der Waals surface area contributed by atoms with Crippen molar-refractivity contribution in [1.82, 2.24) is 24.3 Å². The van der Waals surface area contributed by atoms with Gasteiger partial charge in [0, 0.05) is 48.7 Å². The van der Waals surface area contributed by atoms with Crippen molar-refractivity contribution >= 4 is 23.1 Å². The average Bonchev–Trinajstić information content (AvgIpc) is 3.25. The Morgan fingerprint density at radius 2 is 2.03 bits per heavy atom. The van der Waals surface area contributed by atoms with Gasteiger partial charge in [-0.25, -0.2) is 15.0 Å². The molecule has 1 fully saturated rings. The van der Waals surface area contributed by atoms with Crippen LogP contribution in [-0.2, 0) is 0 Å². The van der Waals surface area contributed by atoms with Crippen LogP contribution in [-0.4, -0.2) is 43.2 Å². The zero-order valence-corrected chi connectivity index (χ0v) is 18.8. The Labute approximate surface area is 196 Å². The molecule has 4 heterocycles.